The number of imidazole rings is 1. The minimum Gasteiger partial charge on any atom is -0.476 e. The lowest BCUT2D eigenvalue weighted by Gasteiger charge is -2.22. The molecule has 0 radical (unpaired) electrons. The van der Waals surface area contributed by atoms with E-state index in [1.165, 1.54) is 12.1 Å². The van der Waals surface area contributed by atoms with Gasteiger partial charge in [0.2, 0.25) is 5.88 Å². The molecule has 0 N–H and O–H groups in total. The molecule has 4 aromatic rings. The second-order valence-corrected chi connectivity index (χ2v) is 8.61. The summed E-state index contributed by atoms with van der Waals surface area (Å²) in [6, 6.07) is 9.13. The zero-order valence-corrected chi connectivity index (χ0v) is 19.9. The maximum absolute atomic E-state index is 13.0. The van der Waals surface area contributed by atoms with Crippen molar-refractivity contribution in [3.05, 3.63) is 83.1 Å². The van der Waals surface area contributed by atoms with E-state index in [9.17, 15) is 13.2 Å². The Balaban J connectivity index is 1.39. The van der Waals surface area contributed by atoms with Gasteiger partial charge in [-0.3, -0.25) is 0 Å². The Morgan fingerprint density at radius 1 is 1.08 bits per heavy atom. The number of hydrogen-bond donors (Lipinski definition) is 0. The van der Waals surface area contributed by atoms with Crippen LogP contribution >= 0.6 is 0 Å². The average Bonchev–Trinajstić information content (AvgIpc) is 3.48. The maximum Gasteiger partial charge on any atom is 0.416 e. The topological polar surface area (TPSA) is 70.7 Å². The van der Waals surface area contributed by atoms with Gasteiger partial charge in [-0.25, -0.2) is 19.6 Å². The van der Waals surface area contributed by atoms with Crippen LogP contribution in [-0.2, 0) is 12.7 Å². The SMILES string of the molecule is CCOc1nc(C=Cc2nc3n(n2)CCCC3c2ccc(C(F)(F)F)cc2)ccc1-n1cnc(C)c1. The van der Waals surface area contributed by atoms with Crippen LogP contribution in [0.1, 0.15) is 59.8 Å². The van der Waals surface area contributed by atoms with E-state index in [0.29, 0.717) is 24.0 Å². The third kappa shape index (κ3) is 4.89. The van der Waals surface area contributed by atoms with E-state index in [-0.39, 0.29) is 5.92 Å². The Hall–Kier alpha value is -3.95. The van der Waals surface area contributed by atoms with Gasteiger partial charge in [0.05, 0.1) is 29.9 Å². The number of alkyl halides is 3. The van der Waals surface area contributed by atoms with Crippen LogP contribution in [0.25, 0.3) is 17.8 Å². The van der Waals surface area contributed by atoms with Crippen LogP contribution in [-0.4, -0.2) is 35.9 Å². The highest BCUT2D eigenvalue weighted by atomic mass is 19.4. The first-order chi connectivity index (χ1) is 17.3. The Morgan fingerprint density at radius 3 is 2.58 bits per heavy atom. The van der Waals surface area contributed by atoms with Crippen LogP contribution < -0.4 is 4.74 Å². The first kappa shape index (κ1) is 23.8. The van der Waals surface area contributed by atoms with Gasteiger partial charge in [0.15, 0.2) is 5.82 Å². The van der Waals surface area contributed by atoms with Crippen molar-refractivity contribution < 1.29 is 17.9 Å². The van der Waals surface area contributed by atoms with Gasteiger partial charge in [0, 0.05) is 18.7 Å². The highest BCUT2D eigenvalue weighted by Crippen LogP contribution is 2.35. The van der Waals surface area contributed by atoms with Crippen molar-refractivity contribution in [3.8, 4) is 11.6 Å². The second kappa shape index (κ2) is 9.60. The summed E-state index contributed by atoms with van der Waals surface area (Å²) in [7, 11) is 0. The molecule has 7 nitrogen and oxygen atoms in total. The Kier molecular flexibility index (Phi) is 6.34. The predicted molar refractivity (Wildman–Crippen MR) is 129 cm³/mol. The van der Waals surface area contributed by atoms with Crippen LogP contribution in [0.5, 0.6) is 5.88 Å². The van der Waals surface area contributed by atoms with Crippen LogP contribution in [0.2, 0.25) is 0 Å². The van der Waals surface area contributed by atoms with Gasteiger partial charge in [-0.15, -0.1) is 0 Å². The summed E-state index contributed by atoms with van der Waals surface area (Å²) < 4.78 is 48.3. The van der Waals surface area contributed by atoms with E-state index in [1.54, 1.807) is 12.4 Å². The van der Waals surface area contributed by atoms with Crippen molar-refractivity contribution in [2.75, 3.05) is 6.61 Å². The lowest BCUT2D eigenvalue weighted by atomic mass is 9.90. The summed E-state index contributed by atoms with van der Waals surface area (Å²) in [4.78, 5) is 13.6. The van der Waals surface area contributed by atoms with Gasteiger partial charge in [-0.1, -0.05) is 12.1 Å². The van der Waals surface area contributed by atoms with Crippen molar-refractivity contribution in [2.45, 2.75) is 45.3 Å². The van der Waals surface area contributed by atoms with E-state index < -0.39 is 11.7 Å². The molecule has 1 unspecified atom stereocenters. The standard InChI is InChI=1S/C26H25F3N6O/c1-3-36-25-22(34-15-17(2)30-16-34)12-10-20(31-25)11-13-23-32-24-21(5-4-14-35(24)33-23)18-6-8-19(9-7-18)26(27,28)29/h6-13,15-16,21H,3-5,14H2,1-2H3. The average molecular weight is 495 g/mol. The summed E-state index contributed by atoms with van der Waals surface area (Å²) in [6.45, 7) is 5.02. The Morgan fingerprint density at radius 2 is 1.89 bits per heavy atom. The predicted octanol–water partition coefficient (Wildman–Crippen LogP) is 5.68. The number of ether oxygens (including phenoxy) is 1. The molecule has 186 valence electrons. The molecule has 36 heavy (non-hydrogen) atoms. The molecular formula is C26H25F3N6O. The molecule has 0 aliphatic carbocycles. The van der Waals surface area contributed by atoms with Gasteiger partial charge in [0.25, 0.3) is 0 Å². The fourth-order valence-electron chi connectivity index (χ4n) is 4.35. The van der Waals surface area contributed by atoms with E-state index in [2.05, 4.69) is 15.1 Å². The Labute approximate surface area is 206 Å². The second-order valence-electron chi connectivity index (χ2n) is 8.61. The quantitative estimate of drug-likeness (QED) is 0.345. The molecule has 1 aromatic carbocycles. The van der Waals surface area contributed by atoms with E-state index in [0.717, 1.165) is 54.3 Å². The molecule has 0 amide bonds. The summed E-state index contributed by atoms with van der Waals surface area (Å²) in [5, 5.41) is 4.59. The number of rotatable bonds is 6. The molecule has 4 heterocycles. The molecule has 0 spiro atoms. The molecule has 0 bridgehead atoms. The fourth-order valence-corrected chi connectivity index (χ4v) is 4.35. The highest BCUT2D eigenvalue weighted by molar-refractivity contribution is 5.65. The van der Waals surface area contributed by atoms with E-state index in [4.69, 9.17) is 9.72 Å². The number of nitrogens with zero attached hydrogens (tertiary/aromatic N) is 6. The van der Waals surface area contributed by atoms with Crippen molar-refractivity contribution >= 4 is 12.2 Å². The summed E-state index contributed by atoms with van der Waals surface area (Å²) in [5.41, 5.74) is 2.53. The van der Waals surface area contributed by atoms with Gasteiger partial charge >= 0.3 is 6.18 Å². The van der Waals surface area contributed by atoms with Crippen molar-refractivity contribution in [1.82, 2.24) is 29.3 Å². The van der Waals surface area contributed by atoms with E-state index >= 15 is 0 Å². The number of pyridine rings is 1. The summed E-state index contributed by atoms with van der Waals surface area (Å²) in [5.74, 6) is 1.68. The smallest absolute Gasteiger partial charge is 0.416 e. The molecule has 1 aliphatic heterocycles. The van der Waals surface area contributed by atoms with Gasteiger partial charge in [0.1, 0.15) is 11.5 Å². The highest BCUT2D eigenvalue weighted by Gasteiger charge is 2.31. The monoisotopic (exact) mass is 494 g/mol. The van der Waals surface area contributed by atoms with E-state index in [1.807, 2.05) is 47.5 Å². The van der Waals surface area contributed by atoms with Gasteiger partial charge in [-0.2, -0.15) is 18.3 Å². The lowest BCUT2D eigenvalue weighted by molar-refractivity contribution is -0.137. The van der Waals surface area contributed by atoms with Crippen LogP contribution in [0.3, 0.4) is 0 Å². The summed E-state index contributed by atoms with van der Waals surface area (Å²) in [6.07, 6.45) is 4.56. The molecule has 3 aromatic heterocycles. The number of fused-ring (bicyclic) bond motifs is 1. The molecule has 5 rings (SSSR count). The molecule has 0 saturated heterocycles. The van der Waals surface area contributed by atoms with Crippen molar-refractivity contribution in [1.29, 1.82) is 0 Å². The molecule has 1 atom stereocenters. The van der Waals surface area contributed by atoms with Crippen LogP contribution in [0.15, 0.2) is 48.9 Å². The fraction of sp³-hybridized carbons (Fsp3) is 0.308. The molecule has 10 heteroatoms. The first-order valence-corrected chi connectivity index (χ1v) is 11.8. The van der Waals surface area contributed by atoms with Crippen LogP contribution in [0.4, 0.5) is 13.2 Å². The third-order valence-electron chi connectivity index (χ3n) is 6.07. The van der Waals surface area contributed by atoms with Gasteiger partial charge < -0.3 is 9.30 Å². The van der Waals surface area contributed by atoms with Gasteiger partial charge in [-0.05, 0) is 68.7 Å². The molecular weight excluding hydrogens is 469 g/mol. The maximum atomic E-state index is 13.0. The normalized spacial score (nSPS) is 15.9. The first-order valence-electron chi connectivity index (χ1n) is 11.8. The third-order valence-corrected chi connectivity index (χ3v) is 6.07. The Bertz CT molecular complexity index is 1390. The van der Waals surface area contributed by atoms with Crippen molar-refractivity contribution in [2.24, 2.45) is 0 Å². The largest absolute Gasteiger partial charge is 0.476 e. The number of aryl methyl sites for hydroxylation is 2. The lowest BCUT2D eigenvalue weighted by Crippen LogP contribution is -2.18. The molecule has 0 saturated carbocycles. The molecule has 0 fully saturated rings. The summed E-state index contributed by atoms with van der Waals surface area (Å²) >= 11 is 0. The molecule has 1 aliphatic rings. The number of aromatic nitrogens is 6. The zero-order valence-electron chi connectivity index (χ0n) is 19.9. The van der Waals surface area contributed by atoms with Crippen molar-refractivity contribution in [3.63, 3.8) is 0 Å². The zero-order chi connectivity index (χ0) is 25.3. The number of halogens is 3. The number of hydrogen-bond acceptors (Lipinski definition) is 5. The minimum atomic E-state index is -4.35. The minimum absolute atomic E-state index is 0.101. The number of benzene rings is 1. The van der Waals surface area contributed by atoms with Crippen LogP contribution in [0, 0.1) is 6.92 Å².